The number of fused-ring (bicyclic) bond motifs is 1. The highest BCUT2D eigenvalue weighted by atomic mass is 32.1. The standard InChI is InChI=1S/C16H15N3OS/c1-20-16-11(4-3-8-18-16)10-19-9-7-12-13(15(17)21)5-2-6-14(12)19/h2-9H,10H2,1H3,(H2,17,21). The lowest BCUT2D eigenvalue weighted by atomic mass is 10.1. The molecule has 0 amide bonds. The molecule has 0 saturated heterocycles. The van der Waals surface area contributed by atoms with Gasteiger partial charge in [0, 0.05) is 34.4 Å². The van der Waals surface area contributed by atoms with Crippen LogP contribution in [0.25, 0.3) is 10.9 Å². The van der Waals surface area contributed by atoms with Crippen molar-refractivity contribution in [1.82, 2.24) is 9.55 Å². The van der Waals surface area contributed by atoms with Gasteiger partial charge < -0.3 is 15.0 Å². The van der Waals surface area contributed by atoms with Crippen LogP contribution in [0.3, 0.4) is 0 Å². The largest absolute Gasteiger partial charge is 0.481 e. The first-order valence-electron chi connectivity index (χ1n) is 6.56. The van der Waals surface area contributed by atoms with Crippen LogP contribution < -0.4 is 10.5 Å². The molecule has 3 aromatic rings. The van der Waals surface area contributed by atoms with E-state index >= 15 is 0 Å². The lowest BCUT2D eigenvalue weighted by Crippen LogP contribution is -2.09. The van der Waals surface area contributed by atoms with Gasteiger partial charge in [0.25, 0.3) is 0 Å². The minimum Gasteiger partial charge on any atom is -0.481 e. The molecule has 3 rings (SSSR count). The molecule has 0 aliphatic carbocycles. The van der Waals surface area contributed by atoms with Gasteiger partial charge >= 0.3 is 0 Å². The summed E-state index contributed by atoms with van der Waals surface area (Å²) in [5.41, 5.74) is 8.80. The molecule has 0 fully saturated rings. The predicted molar refractivity (Wildman–Crippen MR) is 87.7 cm³/mol. The second-order valence-electron chi connectivity index (χ2n) is 4.72. The molecule has 4 nitrogen and oxygen atoms in total. The smallest absolute Gasteiger partial charge is 0.218 e. The van der Waals surface area contributed by atoms with Gasteiger partial charge in [-0.2, -0.15) is 0 Å². The fourth-order valence-electron chi connectivity index (χ4n) is 2.49. The molecular formula is C16H15N3OS. The third-order valence-corrected chi connectivity index (χ3v) is 3.68. The van der Waals surface area contributed by atoms with Crippen LogP contribution in [0.2, 0.25) is 0 Å². The Morgan fingerprint density at radius 2 is 2.14 bits per heavy atom. The van der Waals surface area contributed by atoms with Crippen molar-refractivity contribution in [2.24, 2.45) is 5.73 Å². The summed E-state index contributed by atoms with van der Waals surface area (Å²) < 4.78 is 7.44. The summed E-state index contributed by atoms with van der Waals surface area (Å²) >= 11 is 5.11. The van der Waals surface area contributed by atoms with E-state index in [1.807, 2.05) is 36.5 Å². The van der Waals surface area contributed by atoms with Crippen molar-refractivity contribution in [2.75, 3.05) is 7.11 Å². The van der Waals surface area contributed by atoms with Crippen molar-refractivity contribution >= 4 is 28.1 Å². The Bertz CT molecular complexity index is 810. The van der Waals surface area contributed by atoms with Crippen molar-refractivity contribution < 1.29 is 4.74 Å². The van der Waals surface area contributed by atoms with Gasteiger partial charge in [-0.25, -0.2) is 4.98 Å². The summed E-state index contributed by atoms with van der Waals surface area (Å²) in [6.45, 7) is 0.682. The van der Waals surface area contributed by atoms with Crippen molar-refractivity contribution in [3.8, 4) is 5.88 Å². The van der Waals surface area contributed by atoms with Crippen LogP contribution in [-0.2, 0) is 6.54 Å². The number of methoxy groups -OCH3 is 1. The average Bonchev–Trinajstić information content (AvgIpc) is 2.91. The molecule has 2 N–H and O–H groups in total. The number of benzene rings is 1. The first-order chi connectivity index (χ1) is 10.2. The summed E-state index contributed by atoms with van der Waals surface area (Å²) in [5.74, 6) is 0.643. The van der Waals surface area contributed by atoms with Gasteiger partial charge in [0.1, 0.15) is 4.99 Å². The highest BCUT2D eigenvalue weighted by Gasteiger charge is 2.09. The van der Waals surface area contributed by atoms with E-state index in [4.69, 9.17) is 22.7 Å². The monoisotopic (exact) mass is 297 g/mol. The molecule has 0 spiro atoms. The lowest BCUT2D eigenvalue weighted by Gasteiger charge is -2.09. The number of hydrogen-bond acceptors (Lipinski definition) is 3. The Labute approximate surface area is 128 Å². The van der Waals surface area contributed by atoms with Crippen LogP contribution in [0.4, 0.5) is 0 Å². The second-order valence-corrected chi connectivity index (χ2v) is 5.16. The molecular weight excluding hydrogens is 282 g/mol. The molecule has 0 saturated carbocycles. The molecule has 2 aromatic heterocycles. The van der Waals surface area contributed by atoms with E-state index in [-0.39, 0.29) is 0 Å². The zero-order valence-electron chi connectivity index (χ0n) is 11.6. The van der Waals surface area contributed by atoms with Gasteiger partial charge in [-0.15, -0.1) is 0 Å². The number of thiocarbonyl (C=S) groups is 1. The Morgan fingerprint density at radius 1 is 1.29 bits per heavy atom. The van der Waals surface area contributed by atoms with E-state index in [0.717, 1.165) is 22.0 Å². The molecule has 0 aliphatic rings. The Morgan fingerprint density at radius 3 is 2.90 bits per heavy atom. The third kappa shape index (κ3) is 2.48. The molecule has 0 atom stereocenters. The van der Waals surface area contributed by atoms with E-state index in [1.165, 1.54) is 0 Å². The molecule has 0 aliphatic heterocycles. The van der Waals surface area contributed by atoms with Gasteiger partial charge in [-0.05, 0) is 18.2 Å². The Kier molecular flexibility index (Phi) is 3.58. The maximum Gasteiger partial charge on any atom is 0.218 e. The molecule has 5 heteroatoms. The van der Waals surface area contributed by atoms with Gasteiger partial charge in [-0.3, -0.25) is 0 Å². The molecule has 0 bridgehead atoms. The summed E-state index contributed by atoms with van der Waals surface area (Å²) in [7, 11) is 1.63. The minimum atomic E-state index is 0.414. The summed E-state index contributed by atoms with van der Waals surface area (Å²) in [4.78, 5) is 4.64. The van der Waals surface area contributed by atoms with Crippen LogP contribution >= 0.6 is 12.2 Å². The number of rotatable bonds is 4. The van der Waals surface area contributed by atoms with Crippen LogP contribution in [-0.4, -0.2) is 21.6 Å². The van der Waals surface area contributed by atoms with Gasteiger partial charge in [0.2, 0.25) is 5.88 Å². The lowest BCUT2D eigenvalue weighted by molar-refractivity contribution is 0.391. The molecule has 1 aromatic carbocycles. The van der Waals surface area contributed by atoms with Crippen LogP contribution in [0, 0.1) is 0 Å². The highest BCUT2D eigenvalue weighted by Crippen LogP contribution is 2.23. The van der Waals surface area contributed by atoms with Gasteiger partial charge in [0.15, 0.2) is 0 Å². The maximum atomic E-state index is 5.78. The van der Waals surface area contributed by atoms with E-state index in [1.54, 1.807) is 13.3 Å². The van der Waals surface area contributed by atoms with Crippen molar-refractivity contribution in [1.29, 1.82) is 0 Å². The maximum absolute atomic E-state index is 5.78. The number of aromatic nitrogens is 2. The Hall–Kier alpha value is -2.40. The topological polar surface area (TPSA) is 53.1 Å². The number of nitrogens with two attached hydrogens (primary N) is 1. The molecule has 0 radical (unpaired) electrons. The molecule has 0 unspecified atom stereocenters. The highest BCUT2D eigenvalue weighted by molar-refractivity contribution is 7.80. The summed E-state index contributed by atoms with van der Waals surface area (Å²) in [6.07, 6.45) is 3.75. The number of nitrogens with zero attached hydrogens (tertiary/aromatic N) is 2. The first-order valence-corrected chi connectivity index (χ1v) is 6.97. The van der Waals surface area contributed by atoms with E-state index in [9.17, 15) is 0 Å². The van der Waals surface area contributed by atoms with E-state index < -0.39 is 0 Å². The fourth-order valence-corrected chi connectivity index (χ4v) is 2.67. The van der Waals surface area contributed by atoms with Crippen molar-refractivity contribution in [3.05, 3.63) is 59.9 Å². The van der Waals surface area contributed by atoms with E-state index in [0.29, 0.717) is 17.4 Å². The number of ether oxygens (including phenoxy) is 1. The van der Waals surface area contributed by atoms with Gasteiger partial charge in [-0.1, -0.05) is 30.4 Å². The SMILES string of the molecule is COc1ncccc1Cn1ccc2c(C(N)=S)cccc21. The third-order valence-electron chi connectivity index (χ3n) is 3.46. The predicted octanol–water partition coefficient (Wildman–Crippen LogP) is 2.73. The van der Waals surface area contributed by atoms with Gasteiger partial charge in [0.05, 0.1) is 13.7 Å². The average molecular weight is 297 g/mol. The minimum absolute atomic E-state index is 0.414. The second kappa shape index (κ2) is 5.54. The zero-order valence-corrected chi connectivity index (χ0v) is 12.4. The van der Waals surface area contributed by atoms with Crippen molar-refractivity contribution in [3.63, 3.8) is 0 Å². The van der Waals surface area contributed by atoms with Crippen LogP contribution in [0.5, 0.6) is 5.88 Å². The summed E-state index contributed by atoms with van der Waals surface area (Å²) in [5, 5.41) is 1.06. The first kappa shape index (κ1) is 13.6. The van der Waals surface area contributed by atoms with Crippen molar-refractivity contribution in [2.45, 2.75) is 6.54 Å². The van der Waals surface area contributed by atoms with E-state index in [2.05, 4.69) is 15.6 Å². The summed E-state index contributed by atoms with van der Waals surface area (Å²) in [6, 6.07) is 11.9. The van der Waals surface area contributed by atoms with Crippen LogP contribution in [0.15, 0.2) is 48.8 Å². The molecule has 2 heterocycles. The Balaban J connectivity index is 2.06. The number of hydrogen-bond donors (Lipinski definition) is 1. The number of pyridine rings is 1. The molecule has 21 heavy (non-hydrogen) atoms. The zero-order chi connectivity index (χ0) is 14.8. The van der Waals surface area contributed by atoms with Crippen LogP contribution in [0.1, 0.15) is 11.1 Å². The fraction of sp³-hybridized carbons (Fsp3) is 0.125. The quantitative estimate of drug-likeness (QED) is 0.752. The molecule has 106 valence electrons. The normalized spacial score (nSPS) is 10.7.